The molecule has 0 saturated carbocycles. The SMILES string of the molecule is CCCCCCC(=C=[N+]=[N-])C=C(c1cc(CCC)c(CCC)c(CCC)c1)c1cc(CCCCC)c(CCCCC)c(CCCCC)c1.CCCCCCCCCCC[CH2][Ni][CH2]CCCCCCCCCCC. The molecular formula is C70H122N2Ni. The maximum atomic E-state index is 9.75. The molecule has 0 aromatic heterocycles. The van der Waals surface area contributed by atoms with Crippen molar-refractivity contribution in [2.75, 3.05) is 0 Å². The first kappa shape index (κ1) is 68.8. The fraction of sp³-hybridized carbons (Fsp3) is 0.771. The number of allylic oxidation sites excluding steroid dienone is 2. The summed E-state index contributed by atoms with van der Waals surface area (Å²) in [5, 5.41) is 2.86. The van der Waals surface area contributed by atoms with Gasteiger partial charge in [-0.1, -0.05) is 150 Å². The predicted octanol–water partition coefficient (Wildman–Crippen LogP) is 23.7. The number of hydrogen-bond donors (Lipinski definition) is 0. The number of benzene rings is 2. The Morgan fingerprint density at radius 3 is 1.05 bits per heavy atom. The molecule has 0 bridgehead atoms. The molecule has 0 aliphatic rings. The molecule has 73 heavy (non-hydrogen) atoms. The van der Waals surface area contributed by atoms with E-state index in [0.717, 1.165) is 63.4 Å². The van der Waals surface area contributed by atoms with Gasteiger partial charge in [-0.05, 0) is 127 Å². The van der Waals surface area contributed by atoms with Crippen LogP contribution in [0.2, 0.25) is 10.8 Å². The Kier molecular flexibility index (Phi) is 47.8. The number of unbranched alkanes of at least 4 members (excludes halogenated alkanes) is 27. The third kappa shape index (κ3) is 34.3. The van der Waals surface area contributed by atoms with Crippen LogP contribution in [0, 0.1) is 0 Å². The van der Waals surface area contributed by atoms with Crippen molar-refractivity contribution in [3.63, 3.8) is 0 Å². The van der Waals surface area contributed by atoms with Gasteiger partial charge >= 0.3 is 173 Å². The summed E-state index contributed by atoms with van der Waals surface area (Å²) >= 11 is 2.03. The van der Waals surface area contributed by atoms with E-state index in [4.69, 9.17) is 0 Å². The summed E-state index contributed by atoms with van der Waals surface area (Å²) in [4.78, 5) is 3.47. The van der Waals surface area contributed by atoms with Gasteiger partial charge in [-0.15, -0.1) is 4.79 Å². The van der Waals surface area contributed by atoms with E-state index in [9.17, 15) is 5.53 Å². The van der Waals surface area contributed by atoms with Crippen LogP contribution in [0.25, 0.3) is 11.1 Å². The number of nitrogens with zero attached hydrogens (tertiary/aromatic N) is 2. The minimum absolute atomic E-state index is 0.882. The van der Waals surface area contributed by atoms with E-state index in [1.165, 1.54) is 257 Å². The van der Waals surface area contributed by atoms with Crippen LogP contribution in [0.3, 0.4) is 0 Å². The van der Waals surface area contributed by atoms with Gasteiger partial charge in [-0.2, -0.15) is 0 Å². The van der Waals surface area contributed by atoms with Crippen molar-refractivity contribution in [3.05, 3.63) is 86.0 Å². The number of aryl methyl sites for hydroxylation is 4. The third-order valence-corrected chi connectivity index (χ3v) is 16.5. The van der Waals surface area contributed by atoms with E-state index in [1.807, 2.05) is 14.4 Å². The molecule has 0 aliphatic carbocycles. The Balaban J connectivity index is 0.000000898. The first-order chi connectivity index (χ1) is 35.9. The monoisotopic (exact) mass is 1050 g/mol. The van der Waals surface area contributed by atoms with Crippen LogP contribution in [0.1, 0.15) is 344 Å². The van der Waals surface area contributed by atoms with E-state index in [-0.39, 0.29) is 0 Å². The summed E-state index contributed by atoms with van der Waals surface area (Å²) in [5.74, 6) is 3.02. The molecule has 0 aliphatic heterocycles. The summed E-state index contributed by atoms with van der Waals surface area (Å²) in [6, 6.07) is 10.2. The van der Waals surface area contributed by atoms with Crippen LogP contribution >= 0.6 is 0 Å². The second kappa shape index (κ2) is 50.6. The van der Waals surface area contributed by atoms with Gasteiger partial charge in [0.25, 0.3) is 0 Å². The van der Waals surface area contributed by atoms with Crippen molar-refractivity contribution < 1.29 is 19.2 Å². The zero-order valence-electron chi connectivity index (χ0n) is 50.4. The van der Waals surface area contributed by atoms with Crippen LogP contribution in [-0.4, -0.2) is 10.7 Å². The first-order valence-electron chi connectivity index (χ1n) is 32.3. The molecule has 422 valence electrons. The van der Waals surface area contributed by atoms with E-state index >= 15 is 0 Å². The quantitative estimate of drug-likeness (QED) is 0.0158. The summed E-state index contributed by atoms with van der Waals surface area (Å²) in [7, 11) is 0. The molecule has 2 nitrogen and oxygen atoms in total. The van der Waals surface area contributed by atoms with Crippen molar-refractivity contribution in [1.29, 1.82) is 0 Å². The molecule has 2 aromatic rings. The average Bonchev–Trinajstić information content (AvgIpc) is 3.39. The van der Waals surface area contributed by atoms with Crippen molar-refractivity contribution >= 4 is 11.4 Å². The molecule has 0 spiro atoms. The van der Waals surface area contributed by atoms with Gasteiger partial charge in [0.1, 0.15) is 0 Å². The van der Waals surface area contributed by atoms with Crippen LogP contribution in [0.5, 0.6) is 0 Å². The van der Waals surface area contributed by atoms with Gasteiger partial charge in [-0.3, -0.25) is 0 Å². The molecule has 0 radical (unpaired) electrons. The fourth-order valence-corrected chi connectivity index (χ4v) is 12.0. The molecule has 2 aromatic carbocycles. The van der Waals surface area contributed by atoms with Gasteiger partial charge < -0.3 is 5.53 Å². The molecule has 0 N–H and O–H groups in total. The van der Waals surface area contributed by atoms with Gasteiger partial charge in [0, 0.05) is 0 Å². The standard InChI is InChI=1S/C46H72N2.2C12H25.Ni/c1-8-15-19-23-27-37(36-48-47)31-46(42-32-38(24-12-5)44(26-14-7)39(33-42)25-13-6)43-34-40(28-20-16-9-2)45(30-22-18-11-4)41(35-43)29-21-17-10-3;2*1-3-5-7-9-11-12-10-8-6-4-2;/h31-35H,8-30H2,1-7H3;2*1,3-12H2,2H3;. The summed E-state index contributed by atoms with van der Waals surface area (Å²) in [5.41, 5.74) is 24.1. The van der Waals surface area contributed by atoms with Crippen LogP contribution in [0.15, 0.2) is 35.9 Å². The second-order valence-electron chi connectivity index (χ2n) is 22.1. The van der Waals surface area contributed by atoms with Gasteiger partial charge in [-0.25, -0.2) is 0 Å². The Labute approximate surface area is 463 Å². The number of rotatable bonds is 48. The Morgan fingerprint density at radius 2 is 0.685 bits per heavy atom. The Morgan fingerprint density at radius 1 is 0.370 bits per heavy atom. The third-order valence-electron chi connectivity index (χ3n) is 15.1. The molecule has 0 unspecified atom stereocenters. The molecule has 0 fully saturated rings. The van der Waals surface area contributed by atoms with Crippen LogP contribution in [-0.2, 0) is 53.0 Å². The summed E-state index contributed by atoms with van der Waals surface area (Å²) in [6.45, 7) is 20.8. The van der Waals surface area contributed by atoms with Crippen molar-refractivity contribution in [2.45, 2.75) is 349 Å². The van der Waals surface area contributed by atoms with E-state index in [0.29, 0.717) is 0 Å². The summed E-state index contributed by atoms with van der Waals surface area (Å²) in [6.07, 6.45) is 59.0. The molecular weight excluding hydrogens is 927 g/mol. The van der Waals surface area contributed by atoms with Crippen LogP contribution < -0.4 is 0 Å². The van der Waals surface area contributed by atoms with Crippen molar-refractivity contribution in [2.24, 2.45) is 0 Å². The van der Waals surface area contributed by atoms with Gasteiger partial charge in [0.05, 0.1) is 5.57 Å². The molecule has 2 rings (SSSR count). The van der Waals surface area contributed by atoms with E-state index in [2.05, 4.69) is 103 Å². The molecule has 0 saturated heterocycles. The molecule has 3 heteroatoms. The normalized spacial score (nSPS) is 11.5. The van der Waals surface area contributed by atoms with Crippen molar-refractivity contribution in [1.82, 2.24) is 0 Å². The van der Waals surface area contributed by atoms with E-state index < -0.39 is 0 Å². The fourth-order valence-electron chi connectivity index (χ4n) is 10.8. The molecule has 0 heterocycles. The zero-order chi connectivity index (χ0) is 53.3. The number of hydrogen-bond acceptors (Lipinski definition) is 0. The van der Waals surface area contributed by atoms with Crippen LogP contribution in [0.4, 0.5) is 0 Å². The summed E-state index contributed by atoms with van der Waals surface area (Å²) < 4.78 is 0. The van der Waals surface area contributed by atoms with Crippen molar-refractivity contribution in [3.8, 4) is 0 Å². The molecule has 0 amide bonds. The minimum atomic E-state index is 0.882. The topological polar surface area (TPSA) is 36.4 Å². The maximum absolute atomic E-state index is 9.75. The van der Waals surface area contributed by atoms with E-state index in [1.54, 1.807) is 22.3 Å². The Hall–Kier alpha value is -2.17. The molecule has 0 atom stereocenters. The first-order valence-corrected chi connectivity index (χ1v) is 33.7. The zero-order valence-corrected chi connectivity index (χ0v) is 51.4. The van der Waals surface area contributed by atoms with Gasteiger partial charge in [0.15, 0.2) is 0 Å². The average molecular weight is 1050 g/mol. The second-order valence-corrected chi connectivity index (χ2v) is 23.6. The Bertz CT molecular complexity index is 1620. The van der Waals surface area contributed by atoms with Gasteiger partial charge in [0.2, 0.25) is 0 Å². The predicted molar refractivity (Wildman–Crippen MR) is 326 cm³/mol.